The minimum Gasteiger partial charge on any atom is -0.381 e. The van der Waals surface area contributed by atoms with Gasteiger partial charge in [-0.05, 0) is 23.7 Å². The second-order valence-corrected chi connectivity index (χ2v) is 3.73. The summed E-state index contributed by atoms with van der Waals surface area (Å²) in [5.41, 5.74) is 0. The third kappa shape index (κ3) is 0.487. The molecule has 56 valence electrons. The third-order valence-electron chi connectivity index (χ3n) is 3.44. The fourth-order valence-electron chi connectivity index (χ4n) is 2.79. The number of fused-ring (bicyclic) bond motifs is 4. The Kier molecular flexibility index (Phi) is 0.968. The predicted octanol–water partition coefficient (Wildman–Crippen LogP) is 0.525. The molecular weight excluding hydrogens is 128 g/mol. The van der Waals surface area contributed by atoms with E-state index in [1.54, 1.807) is 0 Å². The van der Waals surface area contributed by atoms with Crippen molar-refractivity contribution in [2.24, 2.45) is 23.7 Å². The lowest BCUT2D eigenvalue weighted by Crippen LogP contribution is -2.44. The molecule has 2 nitrogen and oxygen atoms in total. The Morgan fingerprint density at radius 3 is 1.20 bits per heavy atom. The lowest BCUT2D eigenvalue weighted by Gasteiger charge is -2.41. The minimum absolute atomic E-state index is 0.868. The molecule has 0 bridgehead atoms. The molecule has 2 aliphatic heterocycles. The van der Waals surface area contributed by atoms with Crippen LogP contribution in [0.3, 0.4) is 0 Å². The van der Waals surface area contributed by atoms with Gasteiger partial charge in [-0.2, -0.15) is 0 Å². The first-order valence-corrected chi connectivity index (χ1v) is 4.12. The average molecular weight is 140 g/mol. The summed E-state index contributed by atoms with van der Waals surface area (Å²) in [7, 11) is 0. The monoisotopic (exact) mass is 140 g/mol. The maximum absolute atomic E-state index is 5.41. The van der Waals surface area contributed by atoms with E-state index >= 15 is 0 Å². The Hall–Kier alpha value is -0.0800. The van der Waals surface area contributed by atoms with Gasteiger partial charge in [-0.1, -0.05) is 0 Å². The summed E-state index contributed by atoms with van der Waals surface area (Å²) in [4.78, 5) is 0. The summed E-state index contributed by atoms with van der Waals surface area (Å²) in [6, 6.07) is 0. The third-order valence-corrected chi connectivity index (χ3v) is 3.44. The molecule has 10 heavy (non-hydrogen) atoms. The van der Waals surface area contributed by atoms with Gasteiger partial charge in [-0.3, -0.25) is 0 Å². The van der Waals surface area contributed by atoms with E-state index in [4.69, 9.17) is 9.47 Å². The molecule has 0 amide bonds. The topological polar surface area (TPSA) is 18.5 Å². The van der Waals surface area contributed by atoms with Crippen molar-refractivity contribution in [1.29, 1.82) is 0 Å². The minimum atomic E-state index is 0.868. The largest absolute Gasteiger partial charge is 0.381 e. The molecule has 2 heterocycles. The van der Waals surface area contributed by atoms with E-state index < -0.39 is 0 Å². The van der Waals surface area contributed by atoms with Crippen LogP contribution in [-0.4, -0.2) is 26.4 Å². The van der Waals surface area contributed by atoms with Gasteiger partial charge in [0.2, 0.25) is 0 Å². The summed E-state index contributed by atoms with van der Waals surface area (Å²) in [6.07, 6.45) is 0. The Morgan fingerprint density at radius 2 is 0.900 bits per heavy atom. The second kappa shape index (κ2) is 1.74. The van der Waals surface area contributed by atoms with Gasteiger partial charge in [0.1, 0.15) is 0 Å². The van der Waals surface area contributed by atoms with E-state index in [0.717, 1.165) is 50.1 Å². The maximum atomic E-state index is 5.41. The molecule has 0 unspecified atom stereocenters. The Labute approximate surface area is 60.5 Å². The fraction of sp³-hybridized carbons (Fsp3) is 1.00. The first kappa shape index (κ1) is 5.56. The van der Waals surface area contributed by atoms with E-state index in [1.165, 1.54) is 0 Å². The normalized spacial score (nSPS) is 57.6. The summed E-state index contributed by atoms with van der Waals surface area (Å²) in [6.45, 7) is 4.04. The van der Waals surface area contributed by atoms with Crippen molar-refractivity contribution in [2.75, 3.05) is 26.4 Å². The highest BCUT2D eigenvalue weighted by Gasteiger charge is 2.55. The summed E-state index contributed by atoms with van der Waals surface area (Å²) < 4.78 is 10.8. The quantitative estimate of drug-likeness (QED) is 0.488. The van der Waals surface area contributed by atoms with Gasteiger partial charge in [0.05, 0.1) is 26.4 Å². The van der Waals surface area contributed by atoms with Gasteiger partial charge in [-0.15, -0.1) is 0 Å². The number of ether oxygens (including phenoxy) is 2. The SMILES string of the molecule is C1OCC2C1C1COCC21. The van der Waals surface area contributed by atoms with Crippen LogP contribution in [0.25, 0.3) is 0 Å². The molecule has 0 aromatic carbocycles. The van der Waals surface area contributed by atoms with Gasteiger partial charge < -0.3 is 9.47 Å². The summed E-state index contributed by atoms with van der Waals surface area (Å²) in [5, 5.41) is 0. The van der Waals surface area contributed by atoms with E-state index in [9.17, 15) is 0 Å². The fourth-order valence-corrected chi connectivity index (χ4v) is 2.79. The van der Waals surface area contributed by atoms with Crippen LogP contribution >= 0.6 is 0 Å². The molecule has 2 saturated heterocycles. The van der Waals surface area contributed by atoms with Gasteiger partial charge in [0.25, 0.3) is 0 Å². The predicted molar refractivity (Wildman–Crippen MR) is 35.6 cm³/mol. The van der Waals surface area contributed by atoms with Crippen molar-refractivity contribution in [1.82, 2.24) is 0 Å². The summed E-state index contributed by atoms with van der Waals surface area (Å²) >= 11 is 0. The lowest BCUT2D eigenvalue weighted by molar-refractivity contribution is 0.0629. The highest BCUT2D eigenvalue weighted by atomic mass is 16.5. The molecule has 0 N–H and O–H groups in total. The molecule has 3 rings (SSSR count). The van der Waals surface area contributed by atoms with Crippen LogP contribution in [-0.2, 0) is 9.47 Å². The highest BCUT2D eigenvalue weighted by Crippen LogP contribution is 2.52. The highest BCUT2D eigenvalue weighted by molar-refractivity contribution is 5.01. The van der Waals surface area contributed by atoms with Crippen molar-refractivity contribution in [3.05, 3.63) is 0 Å². The molecule has 0 aromatic heterocycles. The van der Waals surface area contributed by atoms with E-state index in [0.29, 0.717) is 0 Å². The van der Waals surface area contributed by atoms with Gasteiger partial charge >= 0.3 is 0 Å². The molecule has 0 atom stereocenters. The lowest BCUT2D eigenvalue weighted by atomic mass is 9.60. The van der Waals surface area contributed by atoms with Gasteiger partial charge in [0, 0.05) is 0 Å². The second-order valence-electron chi connectivity index (χ2n) is 3.73. The standard InChI is InChI=1S/C8H12O2/c1-5-6(2-9-1)8-4-10-3-7(5)8/h5-8H,1-4H2. The first-order chi connectivity index (χ1) is 4.97. The van der Waals surface area contributed by atoms with Crippen molar-refractivity contribution in [3.63, 3.8) is 0 Å². The zero-order valence-electron chi connectivity index (χ0n) is 5.95. The van der Waals surface area contributed by atoms with Gasteiger partial charge in [0.15, 0.2) is 0 Å². The first-order valence-electron chi connectivity index (χ1n) is 4.12. The van der Waals surface area contributed by atoms with Crippen molar-refractivity contribution >= 4 is 0 Å². The maximum Gasteiger partial charge on any atom is 0.0501 e. The van der Waals surface area contributed by atoms with Crippen LogP contribution in [0.1, 0.15) is 0 Å². The van der Waals surface area contributed by atoms with Crippen molar-refractivity contribution in [3.8, 4) is 0 Å². The molecule has 0 spiro atoms. The van der Waals surface area contributed by atoms with Gasteiger partial charge in [-0.25, -0.2) is 0 Å². The molecule has 1 saturated carbocycles. The number of hydrogen-bond donors (Lipinski definition) is 0. The van der Waals surface area contributed by atoms with Crippen LogP contribution in [0.15, 0.2) is 0 Å². The van der Waals surface area contributed by atoms with Crippen LogP contribution < -0.4 is 0 Å². The molecule has 1 aliphatic carbocycles. The van der Waals surface area contributed by atoms with Crippen molar-refractivity contribution in [2.45, 2.75) is 0 Å². The van der Waals surface area contributed by atoms with Crippen LogP contribution in [0.4, 0.5) is 0 Å². The Balaban J connectivity index is 1.84. The van der Waals surface area contributed by atoms with E-state index in [-0.39, 0.29) is 0 Å². The van der Waals surface area contributed by atoms with Crippen LogP contribution in [0.2, 0.25) is 0 Å². The molecule has 0 radical (unpaired) electrons. The molecule has 3 aliphatic rings. The zero-order valence-corrected chi connectivity index (χ0v) is 5.95. The smallest absolute Gasteiger partial charge is 0.0501 e. The molecular formula is C8H12O2. The number of rotatable bonds is 0. The molecule has 2 heteroatoms. The number of hydrogen-bond acceptors (Lipinski definition) is 2. The molecule has 0 aromatic rings. The zero-order chi connectivity index (χ0) is 6.55. The Bertz CT molecular complexity index is 115. The van der Waals surface area contributed by atoms with Crippen LogP contribution in [0, 0.1) is 23.7 Å². The molecule has 3 fully saturated rings. The van der Waals surface area contributed by atoms with E-state index in [1.807, 2.05) is 0 Å². The van der Waals surface area contributed by atoms with Crippen molar-refractivity contribution < 1.29 is 9.47 Å². The average Bonchev–Trinajstić information content (AvgIpc) is 2.42. The Morgan fingerprint density at radius 1 is 0.600 bits per heavy atom. The van der Waals surface area contributed by atoms with E-state index in [2.05, 4.69) is 0 Å². The van der Waals surface area contributed by atoms with Crippen LogP contribution in [0.5, 0.6) is 0 Å². The summed E-state index contributed by atoms with van der Waals surface area (Å²) in [5.74, 6) is 3.47.